The molecule has 0 radical (unpaired) electrons. The average Bonchev–Trinajstić information content (AvgIpc) is 3.14. The minimum atomic E-state index is -0.235. The topological polar surface area (TPSA) is 67.9 Å². The second-order valence-corrected chi connectivity index (χ2v) is 5.95. The van der Waals surface area contributed by atoms with E-state index in [1.165, 1.54) is 16.2 Å². The van der Waals surface area contributed by atoms with Gasteiger partial charge in [0.15, 0.2) is 0 Å². The van der Waals surface area contributed by atoms with Crippen molar-refractivity contribution < 1.29 is 19.1 Å². The molecule has 128 valence electrons. The summed E-state index contributed by atoms with van der Waals surface area (Å²) in [6.45, 7) is 0.767. The maximum absolute atomic E-state index is 12.0. The molecule has 0 aliphatic carbocycles. The number of ether oxygens (including phenoxy) is 2. The van der Waals surface area contributed by atoms with Crippen molar-refractivity contribution in [3.8, 4) is 11.5 Å². The molecule has 0 saturated heterocycles. The first kappa shape index (κ1) is 17.8. The molecule has 1 aromatic carbocycles. The van der Waals surface area contributed by atoms with Gasteiger partial charge in [0.25, 0.3) is 5.91 Å². The number of hydrogen-bond donors (Lipinski definition) is 1. The van der Waals surface area contributed by atoms with Crippen LogP contribution in [-0.2, 0) is 4.79 Å². The Hall–Kier alpha value is -2.54. The van der Waals surface area contributed by atoms with Crippen molar-refractivity contribution in [3.63, 3.8) is 0 Å². The summed E-state index contributed by atoms with van der Waals surface area (Å²) in [5, 5.41) is 4.43. The van der Waals surface area contributed by atoms with E-state index in [2.05, 4.69) is 5.32 Å². The van der Waals surface area contributed by atoms with Crippen LogP contribution in [0.15, 0.2) is 41.8 Å². The van der Waals surface area contributed by atoms with E-state index in [0.29, 0.717) is 23.8 Å². The Bertz CT molecular complexity index is 656. The van der Waals surface area contributed by atoms with E-state index in [4.69, 9.17) is 9.47 Å². The van der Waals surface area contributed by atoms with Crippen LogP contribution in [0.2, 0.25) is 0 Å². The lowest BCUT2D eigenvalue weighted by Crippen LogP contribution is -2.39. The first-order chi connectivity index (χ1) is 11.6. The molecule has 1 aromatic heterocycles. The minimum absolute atomic E-state index is 0.0320. The molecule has 2 rings (SSSR count). The second-order valence-electron chi connectivity index (χ2n) is 5.00. The van der Waals surface area contributed by atoms with Gasteiger partial charge in [-0.3, -0.25) is 9.59 Å². The van der Waals surface area contributed by atoms with Crippen LogP contribution in [0.4, 0.5) is 0 Å². The molecule has 1 heterocycles. The summed E-state index contributed by atoms with van der Waals surface area (Å²) in [5.41, 5.74) is 0. The number of rotatable bonds is 8. The van der Waals surface area contributed by atoms with E-state index in [1.54, 1.807) is 26.3 Å². The predicted molar refractivity (Wildman–Crippen MR) is 92.8 cm³/mol. The van der Waals surface area contributed by atoms with E-state index in [-0.39, 0.29) is 18.4 Å². The van der Waals surface area contributed by atoms with Crippen molar-refractivity contribution in [2.75, 3.05) is 33.9 Å². The molecule has 0 unspecified atom stereocenters. The predicted octanol–water partition coefficient (Wildman–Crippen LogP) is 2.02. The highest BCUT2D eigenvalue weighted by Crippen LogP contribution is 2.16. The highest BCUT2D eigenvalue weighted by Gasteiger charge is 2.12. The monoisotopic (exact) mass is 348 g/mol. The Morgan fingerprint density at radius 1 is 1.17 bits per heavy atom. The Kier molecular flexibility index (Phi) is 6.62. The molecule has 24 heavy (non-hydrogen) atoms. The third-order valence-electron chi connectivity index (χ3n) is 3.33. The summed E-state index contributed by atoms with van der Waals surface area (Å²) in [5.74, 6) is 1.07. The second kappa shape index (κ2) is 8.93. The van der Waals surface area contributed by atoms with Crippen LogP contribution in [0.1, 0.15) is 9.67 Å². The lowest BCUT2D eigenvalue weighted by molar-refractivity contribution is -0.129. The number of thiophene rings is 1. The van der Waals surface area contributed by atoms with Crippen molar-refractivity contribution in [1.29, 1.82) is 0 Å². The number of carbonyl (C=O) groups is 2. The van der Waals surface area contributed by atoms with Gasteiger partial charge in [0.2, 0.25) is 5.91 Å². The molecule has 0 fully saturated rings. The number of carbonyl (C=O) groups excluding carboxylic acids is 2. The fourth-order valence-electron chi connectivity index (χ4n) is 1.88. The van der Waals surface area contributed by atoms with Crippen molar-refractivity contribution in [3.05, 3.63) is 46.7 Å². The largest absolute Gasteiger partial charge is 0.497 e. The summed E-state index contributed by atoms with van der Waals surface area (Å²) in [6, 6.07) is 10.7. The molecule has 0 aliphatic rings. The quantitative estimate of drug-likeness (QED) is 0.793. The maximum atomic E-state index is 12.0. The molecular formula is C17H20N2O4S. The third kappa shape index (κ3) is 5.27. The molecule has 7 heteroatoms. The molecule has 2 amide bonds. The molecular weight excluding hydrogens is 328 g/mol. The van der Waals surface area contributed by atoms with Crippen LogP contribution in [0.5, 0.6) is 11.5 Å². The van der Waals surface area contributed by atoms with Crippen molar-refractivity contribution >= 4 is 23.2 Å². The number of benzene rings is 1. The van der Waals surface area contributed by atoms with Crippen molar-refractivity contribution in [1.82, 2.24) is 10.2 Å². The van der Waals surface area contributed by atoms with Gasteiger partial charge < -0.3 is 19.7 Å². The number of amides is 2. The van der Waals surface area contributed by atoms with Crippen LogP contribution in [-0.4, -0.2) is 50.6 Å². The number of likely N-dealkylation sites (N-methyl/N-ethyl adjacent to an activating group) is 1. The van der Waals surface area contributed by atoms with E-state index in [0.717, 1.165) is 5.75 Å². The summed E-state index contributed by atoms with van der Waals surface area (Å²) < 4.78 is 10.6. The van der Waals surface area contributed by atoms with Gasteiger partial charge in [0.05, 0.1) is 25.1 Å². The highest BCUT2D eigenvalue weighted by atomic mass is 32.1. The lowest BCUT2D eigenvalue weighted by Gasteiger charge is -2.17. The van der Waals surface area contributed by atoms with Crippen LogP contribution in [0.3, 0.4) is 0 Å². The molecule has 0 bridgehead atoms. The zero-order chi connectivity index (χ0) is 17.4. The molecule has 6 nitrogen and oxygen atoms in total. The van der Waals surface area contributed by atoms with Gasteiger partial charge in [-0.2, -0.15) is 0 Å². The zero-order valence-corrected chi connectivity index (χ0v) is 14.5. The minimum Gasteiger partial charge on any atom is -0.497 e. The standard InChI is InChI=1S/C17H20N2O4S/c1-19(9-10-23-14-7-5-13(22-2)6-8-14)16(20)12-18-17(21)15-4-3-11-24-15/h3-8,11H,9-10,12H2,1-2H3,(H,18,21). The fraction of sp³-hybridized carbons (Fsp3) is 0.294. The fourth-order valence-corrected chi connectivity index (χ4v) is 2.52. The third-order valence-corrected chi connectivity index (χ3v) is 4.19. The first-order valence-corrected chi connectivity index (χ1v) is 8.30. The number of hydrogen-bond acceptors (Lipinski definition) is 5. The highest BCUT2D eigenvalue weighted by molar-refractivity contribution is 7.12. The van der Waals surface area contributed by atoms with Crippen molar-refractivity contribution in [2.45, 2.75) is 0 Å². The number of methoxy groups -OCH3 is 1. The van der Waals surface area contributed by atoms with Gasteiger partial charge in [0, 0.05) is 7.05 Å². The summed E-state index contributed by atoms with van der Waals surface area (Å²) >= 11 is 1.34. The molecule has 0 saturated carbocycles. The number of nitrogens with zero attached hydrogens (tertiary/aromatic N) is 1. The Morgan fingerprint density at radius 3 is 2.50 bits per heavy atom. The van der Waals surface area contributed by atoms with Crippen LogP contribution < -0.4 is 14.8 Å². The maximum Gasteiger partial charge on any atom is 0.261 e. The van der Waals surface area contributed by atoms with Crippen molar-refractivity contribution in [2.24, 2.45) is 0 Å². The van der Waals surface area contributed by atoms with Gasteiger partial charge >= 0.3 is 0 Å². The Labute approximate surface area is 145 Å². The van der Waals surface area contributed by atoms with Crippen LogP contribution in [0, 0.1) is 0 Å². The van der Waals surface area contributed by atoms with Gasteiger partial charge in [0.1, 0.15) is 18.1 Å². The smallest absolute Gasteiger partial charge is 0.261 e. The average molecular weight is 348 g/mol. The molecule has 0 atom stereocenters. The van der Waals surface area contributed by atoms with Gasteiger partial charge in [-0.1, -0.05) is 6.07 Å². The summed E-state index contributed by atoms with van der Waals surface area (Å²) in [4.78, 5) is 25.9. The molecule has 0 aliphatic heterocycles. The first-order valence-electron chi connectivity index (χ1n) is 7.42. The van der Waals surface area contributed by atoms with Crippen LogP contribution >= 0.6 is 11.3 Å². The summed E-state index contributed by atoms with van der Waals surface area (Å²) in [6.07, 6.45) is 0. The Balaban J connectivity index is 1.68. The van der Waals surface area contributed by atoms with Gasteiger partial charge in [-0.25, -0.2) is 0 Å². The van der Waals surface area contributed by atoms with Crippen LogP contribution in [0.25, 0.3) is 0 Å². The molecule has 1 N–H and O–H groups in total. The van der Waals surface area contributed by atoms with Gasteiger partial charge in [-0.05, 0) is 35.7 Å². The van der Waals surface area contributed by atoms with E-state index >= 15 is 0 Å². The van der Waals surface area contributed by atoms with E-state index in [9.17, 15) is 9.59 Å². The van der Waals surface area contributed by atoms with E-state index in [1.807, 2.05) is 29.6 Å². The normalized spacial score (nSPS) is 10.1. The van der Waals surface area contributed by atoms with E-state index < -0.39 is 0 Å². The number of nitrogens with one attached hydrogen (secondary N) is 1. The SMILES string of the molecule is COc1ccc(OCCN(C)C(=O)CNC(=O)c2cccs2)cc1. The van der Waals surface area contributed by atoms with Gasteiger partial charge in [-0.15, -0.1) is 11.3 Å². The Morgan fingerprint density at radius 2 is 1.88 bits per heavy atom. The zero-order valence-electron chi connectivity index (χ0n) is 13.7. The summed E-state index contributed by atoms with van der Waals surface area (Å²) in [7, 11) is 3.28. The molecule has 2 aromatic rings. The lowest BCUT2D eigenvalue weighted by atomic mass is 10.3. The molecule has 0 spiro atoms.